The van der Waals surface area contributed by atoms with E-state index in [2.05, 4.69) is 16.3 Å². The van der Waals surface area contributed by atoms with Crippen molar-refractivity contribution in [3.63, 3.8) is 0 Å². The minimum Gasteiger partial charge on any atom is -0.368 e. The molecule has 1 aliphatic heterocycles. The number of nitrogens with zero attached hydrogens (tertiary/aromatic N) is 2. The van der Waals surface area contributed by atoms with E-state index in [9.17, 15) is 4.79 Å². The van der Waals surface area contributed by atoms with Crippen LogP contribution in [0.15, 0.2) is 24.3 Å². The van der Waals surface area contributed by atoms with Crippen LogP contribution in [0.3, 0.4) is 0 Å². The predicted molar refractivity (Wildman–Crippen MR) is 72.2 cm³/mol. The van der Waals surface area contributed by atoms with Crippen molar-refractivity contribution in [1.82, 2.24) is 10.2 Å². The summed E-state index contributed by atoms with van der Waals surface area (Å²) >= 11 is 0. The highest BCUT2D eigenvalue weighted by molar-refractivity contribution is 5.81. The van der Waals surface area contributed by atoms with Gasteiger partial charge in [-0.2, -0.15) is 5.26 Å². The summed E-state index contributed by atoms with van der Waals surface area (Å²) in [6, 6.07) is 8.76. The Morgan fingerprint density at radius 3 is 3.00 bits per heavy atom. The first kappa shape index (κ1) is 13.5. The zero-order chi connectivity index (χ0) is 13.7. The van der Waals surface area contributed by atoms with Crippen LogP contribution in [0.2, 0.25) is 0 Å². The Morgan fingerprint density at radius 2 is 2.26 bits per heavy atom. The summed E-state index contributed by atoms with van der Waals surface area (Å²) in [7, 11) is 0. The molecule has 100 valence electrons. The Morgan fingerprint density at radius 1 is 1.42 bits per heavy atom. The highest BCUT2D eigenvalue weighted by Crippen LogP contribution is 2.22. The maximum Gasteiger partial charge on any atom is 0.239 e. The molecular weight excluding hydrogens is 240 g/mol. The number of hydrogen-bond acceptors (Lipinski definition) is 4. The van der Waals surface area contributed by atoms with E-state index >= 15 is 0 Å². The SMILES string of the molecule is N#Cc1cccc(C(C(N)=O)N2CCCNCC2)c1. The Bertz CT molecular complexity index is 486. The Kier molecular flexibility index (Phi) is 4.50. The van der Waals surface area contributed by atoms with Gasteiger partial charge in [0, 0.05) is 19.6 Å². The summed E-state index contributed by atoms with van der Waals surface area (Å²) < 4.78 is 0. The average molecular weight is 258 g/mol. The highest BCUT2D eigenvalue weighted by atomic mass is 16.1. The summed E-state index contributed by atoms with van der Waals surface area (Å²) in [5, 5.41) is 12.2. The molecule has 1 amide bonds. The molecular formula is C14H18N4O. The zero-order valence-electron chi connectivity index (χ0n) is 10.8. The first-order valence-corrected chi connectivity index (χ1v) is 6.46. The summed E-state index contributed by atoms with van der Waals surface area (Å²) in [4.78, 5) is 13.9. The lowest BCUT2D eigenvalue weighted by Crippen LogP contribution is -2.39. The fourth-order valence-electron chi connectivity index (χ4n) is 2.46. The molecule has 2 rings (SSSR count). The number of carbonyl (C=O) groups excluding carboxylic acids is 1. The summed E-state index contributed by atoms with van der Waals surface area (Å²) in [5.41, 5.74) is 6.91. The molecule has 1 aromatic rings. The fourth-order valence-corrected chi connectivity index (χ4v) is 2.46. The van der Waals surface area contributed by atoms with Crippen molar-refractivity contribution in [2.24, 2.45) is 5.73 Å². The van der Waals surface area contributed by atoms with Crippen LogP contribution in [0, 0.1) is 11.3 Å². The predicted octanol–water partition coefficient (Wildman–Crippen LogP) is 0.380. The summed E-state index contributed by atoms with van der Waals surface area (Å²) in [5.74, 6) is -0.364. The first-order valence-electron chi connectivity index (χ1n) is 6.46. The monoisotopic (exact) mass is 258 g/mol. The van der Waals surface area contributed by atoms with Gasteiger partial charge in [0.05, 0.1) is 11.6 Å². The van der Waals surface area contributed by atoms with Crippen LogP contribution in [0.5, 0.6) is 0 Å². The van der Waals surface area contributed by atoms with Gasteiger partial charge in [-0.1, -0.05) is 12.1 Å². The smallest absolute Gasteiger partial charge is 0.239 e. The van der Waals surface area contributed by atoms with Gasteiger partial charge < -0.3 is 11.1 Å². The van der Waals surface area contributed by atoms with Crippen LogP contribution in [-0.2, 0) is 4.79 Å². The van der Waals surface area contributed by atoms with Crippen molar-refractivity contribution in [3.05, 3.63) is 35.4 Å². The number of rotatable bonds is 3. The van der Waals surface area contributed by atoms with Crippen LogP contribution in [0.4, 0.5) is 0 Å². The van der Waals surface area contributed by atoms with Gasteiger partial charge in [0.2, 0.25) is 5.91 Å². The molecule has 0 radical (unpaired) electrons. The summed E-state index contributed by atoms with van der Waals surface area (Å²) in [6.45, 7) is 3.42. The van der Waals surface area contributed by atoms with Crippen LogP contribution >= 0.6 is 0 Å². The van der Waals surface area contributed by atoms with Crippen molar-refractivity contribution >= 4 is 5.91 Å². The van der Waals surface area contributed by atoms with Gasteiger partial charge in [0.1, 0.15) is 6.04 Å². The zero-order valence-corrected chi connectivity index (χ0v) is 10.8. The molecule has 3 N–H and O–H groups in total. The number of hydrogen-bond donors (Lipinski definition) is 2. The lowest BCUT2D eigenvalue weighted by Gasteiger charge is -2.28. The van der Waals surface area contributed by atoms with Crippen molar-refractivity contribution in [2.75, 3.05) is 26.2 Å². The van der Waals surface area contributed by atoms with Crippen LogP contribution in [0.1, 0.15) is 23.6 Å². The fraction of sp³-hybridized carbons (Fsp3) is 0.429. The van der Waals surface area contributed by atoms with E-state index in [1.807, 2.05) is 6.07 Å². The van der Waals surface area contributed by atoms with Crippen molar-refractivity contribution in [1.29, 1.82) is 5.26 Å². The van der Waals surface area contributed by atoms with Gasteiger partial charge in [0.25, 0.3) is 0 Å². The number of benzene rings is 1. The van der Waals surface area contributed by atoms with E-state index in [1.165, 1.54) is 0 Å². The van der Waals surface area contributed by atoms with Crippen LogP contribution in [-0.4, -0.2) is 37.0 Å². The number of nitriles is 1. The molecule has 5 nitrogen and oxygen atoms in total. The van der Waals surface area contributed by atoms with Crippen LogP contribution < -0.4 is 11.1 Å². The molecule has 1 fully saturated rings. The molecule has 0 aromatic heterocycles. The molecule has 0 aliphatic carbocycles. The normalized spacial score (nSPS) is 18.3. The van der Waals surface area contributed by atoms with E-state index in [0.29, 0.717) is 5.56 Å². The third kappa shape index (κ3) is 3.31. The second kappa shape index (κ2) is 6.32. The molecule has 1 unspecified atom stereocenters. The first-order chi connectivity index (χ1) is 9.22. The van der Waals surface area contributed by atoms with Gasteiger partial charge in [-0.25, -0.2) is 0 Å². The largest absolute Gasteiger partial charge is 0.368 e. The van der Waals surface area contributed by atoms with E-state index in [1.54, 1.807) is 18.2 Å². The van der Waals surface area contributed by atoms with Crippen molar-refractivity contribution in [2.45, 2.75) is 12.5 Å². The average Bonchev–Trinajstić information content (AvgIpc) is 2.68. The molecule has 0 bridgehead atoms. The van der Waals surface area contributed by atoms with E-state index in [0.717, 1.165) is 38.2 Å². The van der Waals surface area contributed by atoms with Crippen molar-refractivity contribution in [3.8, 4) is 6.07 Å². The highest BCUT2D eigenvalue weighted by Gasteiger charge is 2.26. The summed E-state index contributed by atoms with van der Waals surface area (Å²) in [6.07, 6.45) is 0.988. The molecule has 0 spiro atoms. The molecule has 0 saturated carbocycles. The second-order valence-electron chi connectivity index (χ2n) is 4.68. The molecule has 1 aliphatic rings. The quantitative estimate of drug-likeness (QED) is 0.821. The maximum absolute atomic E-state index is 11.8. The Balaban J connectivity index is 2.28. The third-order valence-electron chi connectivity index (χ3n) is 3.34. The number of carbonyl (C=O) groups is 1. The minimum absolute atomic E-state index is 0.364. The number of nitrogens with two attached hydrogens (primary N) is 1. The van der Waals surface area contributed by atoms with Gasteiger partial charge in [-0.05, 0) is 30.7 Å². The standard InChI is InChI=1S/C14H18N4O/c15-10-11-3-1-4-12(9-11)13(14(16)19)18-7-2-5-17-6-8-18/h1,3-4,9,13,17H,2,5-8H2,(H2,16,19). The second-order valence-corrected chi connectivity index (χ2v) is 4.68. The van der Waals surface area contributed by atoms with E-state index in [4.69, 9.17) is 11.0 Å². The van der Waals surface area contributed by atoms with Gasteiger partial charge in [-0.15, -0.1) is 0 Å². The maximum atomic E-state index is 11.8. The number of nitrogens with one attached hydrogen (secondary N) is 1. The molecule has 1 saturated heterocycles. The number of amides is 1. The molecule has 1 atom stereocenters. The Labute approximate surface area is 113 Å². The van der Waals surface area contributed by atoms with E-state index in [-0.39, 0.29) is 5.91 Å². The molecule has 1 aromatic carbocycles. The molecule has 19 heavy (non-hydrogen) atoms. The topological polar surface area (TPSA) is 82.1 Å². The number of primary amides is 1. The van der Waals surface area contributed by atoms with Gasteiger partial charge in [0.15, 0.2) is 0 Å². The van der Waals surface area contributed by atoms with Gasteiger partial charge >= 0.3 is 0 Å². The lowest BCUT2D eigenvalue weighted by atomic mass is 10.0. The van der Waals surface area contributed by atoms with Crippen LogP contribution in [0.25, 0.3) is 0 Å². The lowest BCUT2D eigenvalue weighted by molar-refractivity contribution is -0.123. The third-order valence-corrected chi connectivity index (χ3v) is 3.34. The Hall–Kier alpha value is -1.90. The van der Waals surface area contributed by atoms with E-state index < -0.39 is 6.04 Å². The minimum atomic E-state index is -0.451. The van der Waals surface area contributed by atoms with Crippen molar-refractivity contribution < 1.29 is 4.79 Å². The molecule has 5 heteroatoms. The van der Waals surface area contributed by atoms with Gasteiger partial charge in [-0.3, -0.25) is 9.69 Å². The molecule has 1 heterocycles.